The van der Waals surface area contributed by atoms with Gasteiger partial charge in [-0.25, -0.2) is 19.7 Å². The van der Waals surface area contributed by atoms with Gasteiger partial charge in [-0.3, -0.25) is 4.79 Å². The number of carboxylic acids is 1. The molecule has 9 heteroatoms. The quantitative estimate of drug-likeness (QED) is 0.351. The first kappa shape index (κ1) is 21.4. The molecule has 3 N–H and O–H groups in total. The van der Waals surface area contributed by atoms with Crippen LogP contribution in [0.1, 0.15) is 5.56 Å². The van der Waals surface area contributed by atoms with Crippen molar-refractivity contribution in [3.63, 3.8) is 0 Å². The molecule has 0 fully saturated rings. The first-order valence-corrected chi connectivity index (χ1v) is 9.93. The highest BCUT2D eigenvalue weighted by Gasteiger charge is 2.08. The third-order valence-electron chi connectivity index (χ3n) is 4.52. The molecule has 33 heavy (non-hydrogen) atoms. The summed E-state index contributed by atoms with van der Waals surface area (Å²) in [4.78, 5) is 35.0. The number of carboxylic acid groups (broad SMARTS) is 1. The lowest BCUT2D eigenvalue weighted by Gasteiger charge is -2.11. The fourth-order valence-corrected chi connectivity index (χ4v) is 2.95. The van der Waals surface area contributed by atoms with E-state index >= 15 is 0 Å². The van der Waals surface area contributed by atoms with E-state index in [1.165, 1.54) is 12.5 Å². The summed E-state index contributed by atoms with van der Waals surface area (Å²) in [6.45, 7) is 0.479. The summed E-state index contributed by atoms with van der Waals surface area (Å²) in [6.07, 6.45) is 4.58. The minimum absolute atomic E-state index is 0.241. The molecular formula is C24H19N5O4. The number of aliphatic carboxylic acids is 1. The van der Waals surface area contributed by atoms with Gasteiger partial charge in [0.25, 0.3) is 0 Å². The molecule has 4 aromatic rings. The lowest BCUT2D eigenvalue weighted by molar-refractivity contribution is -0.131. The van der Waals surface area contributed by atoms with Crippen LogP contribution in [0.25, 0.3) is 10.9 Å². The lowest BCUT2D eigenvalue weighted by Crippen LogP contribution is -2.10. The Kier molecular flexibility index (Phi) is 6.51. The Bertz CT molecular complexity index is 1310. The van der Waals surface area contributed by atoms with Crippen molar-refractivity contribution in [1.29, 1.82) is 0 Å². The molecule has 0 unspecified atom stereocenters. The molecule has 0 aliphatic heterocycles. The van der Waals surface area contributed by atoms with Gasteiger partial charge in [-0.1, -0.05) is 30.3 Å². The van der Waals surface area contributed by atoms with Crippen LogP contribution >= 0.6 is 0 Å². The Balaban J connectivity index is 1.47. The van der Waals surface area contributed by atoms with Gasteiger partial charge in [0, 0.05) is 23.2 Å². The number of hydrogen-bond acceptors (Lipinski definition) is 7. The van der Waals surface area contributed by atoms with Gasteiger partial charge in [0.2, 0.25) is 5.91 Å². The van der Waals surface area contributed by atoms with Crippen LogP contribution in [0.15, 0.2) is 85.3 Å². The smallest absolute Gasteiger partial charge is 0.328 e. The highest BCUT2D eigenvalue weighted by Crippen LogP contribution is 2.26. The van der Waals surface area contributed by atoms with E-state index in [0.717, 1.165) is 29.2 Å². The summed E-state index contributed by atoms with van der Waals surface area (Å²) in [7, 11) is 0. The molecule has 2 heterocycles. The first-order valence-electron chi connectivity index (χ1n) is 9.93. The molecule has 1 amide bonds. The van der Waals surface area contributed by atoms with Crippen LogP contribution in [-0.4, -0.2) is 31.9 Å². The van der Waals surface area contributed by atoms with Crippen LogP contribution in [0.2, 0.25) is 0 Å². The maximum Gasteiger partial charge on any atom is 0.328 e. The molecule has 0 atom stereocenters. The van der Waals surface area contributed by atoms with Crippen LogP contribution in [0.3, 0.4) is 0 Å². The highest BCUT2D eigenvalue weighted by molar-refractivity contribution is 6.03. The van der Waals surface area contributed by atoms with Crippen LogP contribution < -0.4 is 15.4 Å². The summed E-state index contributed by atoms with van der Waals surface area (Å²) >= 11 is 0. The van der Waals surface area contributed by atoms with E-state index in [9.17, 15) is 9.59 Å². The van der Waals surface area contributed by atoms with E-state index < -0.39 is 11.9 Å². The maximum absolute atomic E-state index is 11.8. The maximum atomic E-state index is 11.8. The van der Waals surface area contributed by atoms with Crippen LogP contribution in [0, 0.1) is 0 Å². The van der Waals surface area contributed by atoms with Gasteiger partial charge in [0.15, 0.2) is 0 Å². The van der Waals surface area contributed by atoms with Gasteiger partial charge < -0.3 is 20.5 Å². The number of carbonyl (C=O) groups excluding carboxylic acids is 1. The predicted octanol–water partition coefficient (Wildman–Crippen LogP) is 3.93. The monoisotopic (exact) mass is 441 g/mol. The zero-order chi connectivity index (χ0) is 23.0. The minimum Gasteiger partial charge on any atom is -0.489 e. The Hall–Kier alpha value is -4.79. The highest BCUT2D eigenvalue weighted by atomic mass is 16.5. The predicted molar refractivity (Wildman–Crippen MR) is 123 cm³/mol. The molecular weight excluding hydrogens is 422 g/mol. The van der Waals surface area contributed by atoms with Crippen molar-refractivity contribution in [2.75, 3.05) is 10.6 Å². The molecule has 2 aromatic heterocycles. The number of nitrogens with zero attached hydrogens (tertiary/aromatic N) is 3. The molecule has 0 saturated carbocycles. The van der Waals surface area contributed by atoms with Gasteiger partial charge >= 0.3 is 5.97 Å². The van der Waals surface area contributed by atoms with Gasteiger partial charge in [-0.05, 0) is 35.9 Å². The van der Waals surface area contributed by atoms with Crippen LogP contribution in [0.4, 0.5) is 17.3 Å². The second-order valence-electron chi connectivity index (χ2n) is 6.89. The van der Waals surface area contributed by atoms with E-state index in [1.807, 2.05) is 54.6 Å². The lowest BCUT2D eigenvalue weighted by atomic mass is 10.2. The average molecular weight is 441 g/mol. The summed E-state index contributed by atoms with van der Waals surface area (Å²) < 4.78 is 5.81. The zero-order valence-corrected chi connectivity index (χ0v) is 17.3. The third kappa shape index (κ3) is 5.88. The molecule has 4 rings (SSSR count). The number of amides is 1. The fraction of sp³-hybridized carbons (Fsp3) is 0.0417. The fourth-order valence-electron chi connectivity index (χ4n) is 2.95. The number of anilines is 3. The van der Waals surface area contributed by atoms with Crippen molar-refractivity contribution in [2.24, 2.45) is 0 Å². The molecule has 9 nitrogen and oxygen atoms in total. The third-order valence-corrected chi connectivity index (χ3v) is 4.52. The zero-order valence-electron chi connectivity index (χ0n) is 17.3. The minimum atomic E-state index is -1.21. The topological polar surface area (TPSA) is 126 Å². The van der Waals surface area contributed by atoms with Gasteiger partial charge in [0.1, 0.15) is 30.3 Å². The molecule has 0 radical (unpaired) electrons. The van der Waals surface area contributed by atoms with E-state index in [-0.39, 0.29) is 5.82 Å². The SMILES string of the molecule is O=C(O)C=CC(=O)Nc1cc2c(Nc3ccc(OCc4ccccc4)cc3)ncnc2cn1. The van der Waals surface area contributed by atoms with Crippen molar-refractivity contribution in [2.45, 2.75) is 6.61 Å². The number of aromatic nitrogens is 3. The number of rotatable bonds is 8. The molecule has 164 valence electrons. The van der Waals surface area contributed by atoms with Crippen LogP contribution in [0.5, 0.6) is 5.75 Å². The number of hydrogen-bond donors (Lipinski definition) is 3. The Morgan fingerprint density at radius 1 is 0.970 bits per heavy atom. The van der Waals surface area contributed by atoms with Gasteiger partial charge in [-0.15, -0.1) is 0 Å². The number of carbonyl (C=O) groups is 2. The van der Waals surface area contributed by atoms with Crippen molar-refractivity contribution in [3.05, 3.63) is 90.9 Å². The number of benzene rings is 2. The number of fused-ring (bicyclic) bond motifs is 1. The van der Waals surface area contributed by atoms with Crippen LogP contribution in [-0.2, 0) is 16.2 Å². The number of ether oxygens (including phenoxy) is 1. The van der Waals surface area contributed by atoms with E-state index in [1.54, 1.807) is 6.07 Å². The summed E-state index contributed by atoms with van der Waals surface area (Å²) in [5.41, 5.74) is 2.45. The molecule has 2 aromatic carbocycles. The molecule has 0 aliphatic rings. The largest absolute Gasteiger partial charge is 0.489 e. The van der Waals surface area contributed by atoms with E-state index in [2.05, 4.69) is 25.6 Å². The molecule has 0 bridgehead atoms. The molecule has 0 aliphatic carbocycles. The second-order valence-corrected chi connectivity index (χ2v) is 6.89. The normalized spacial score (nSPS) is 10.8. The summed E-state index contributed by atoms with van der Waals surface area (Å²) in [5, 5.41) is 15.0. The van der Waals surface area contributed by atoms with Crippen molar-refractivity contribution >= 4 is 40.1 Å². The summed E-state index contributed by atoms with van der Waals surface area (Å²) in [6, 6.07) is 19.0. The first-order chi connectivity index (χ1) is 16.1. The van der Waals surface area contributed by atoms with Gasteiger partial charge in [0.05, 0.1) is 11.7 Å². The second kappa shape index (κ2) is 10.0. The molecule has 0 saturated heterocycles. The Labute approximate surface area is 188 Å². The van der Waals surface area contributed by atoms with E-state index in [4.69, 9.17) is 9.84 Å². The van der Waals surface area contributed by atoms with Gasteiger partial charge in [-0.2, -0.15) is 0 Å². The number of nitrogens with one attached hydrogen (secondary N) is 2. The Morgan fingerprint density at radius 2 is 1.76 bits per heavy atom. The summed E-state index contributed by atoms with van der Waals surface area (Å²) in [5.74, 6) is -0.322. The van der Waals surface area contributed by atoms with Crippen molar-refractivity contribution < 1.29 is 19.4 Å². The Morgan fingerprint density at radius 3 is 2.52 bits per heavy atom. The number of pyridine rings is 1. The molecule has 0 spiro atoms. The average Bonchev–Trinajstić information content (AvgIpc) is 2.83. The standard InChI is InChI=1S/C24H19N5O4/c30-22(10-11-23(31)32)29-21-12-19-20(13-25-21)26-15-27-24(19)28-17-6-8-18(9-7-17)33-14-16-4-2-1-3-5-16/h1-13,15H,14H2,(H,31,32)(H,25,29,30)(H,26,27,28). The van der Waals surface area contributed by atoms with Crippen molar-refractivity contribution in [3.8, 4) is 5.75 Å². The van der Waals surface area contributed by atoms with Crippen molar-refractivity contribution in [1.82, 2.24) is 15.0 Å². The van der Waals surface area contributed by atoms with E-state index in [0.29, 0.717) is 23.3 Å².